The average molecular weight is 358 g/mol. The highest BCUT2D eigenvalue weighted by Gasteiger charge is 2.17. The van der Waals surface area contributed by atoms with Crippen LogP contribution in [0.1, 0.15) is 26.4 Å². The number of aromatic nitrogens is 1. The Hall–Kier alpha value is -2.80. The first-order valence-corrected chi connectivity index (χ1v) is 7.88. The van der Waals surface area contributed by atoms with E-state index < -0.39 is 5.97 Å². The van der Waals surface area contributed by atoms with E-state index in [0.29, 0.717) is 28.7 Å². The molecular formula is C18H15FN2O3S. The van der Waals surface area contributed by atoms with Crippen molar-refractivity contribution in [3.63, 3.8) is 0 Å². The van der Waals surface area contributed by atoms with E-state index in [9.17, 15) is 14.0 Å². The Bertz CT molecular complexity index is 968. The minimum atomic E-state index is -0.513. The lowest BCUT2D eigenvalue weighted by molar-refractivity contribution is 0.0589. The molecule has 1 amide bonds. The first-order chi connectivity index (χ1) is 12.0. The molecule has 25 heavy (non-hydrogen) atoms. The van der Waals surface area contributed by atoms with Crippen molar-refractivity contribution < 1.29 is 18.7 Å². The van der Waals surface area contributed by atoms with Gasteiger partial charge < -0.3 is 9.30 Å². The summed E-state index contributed by atoms with van der Waals surface area (Å²) in [7, 11) is 1.29. The first-order valence-electron chi connectivity index (χ1n) is 7.44. The number of carbonyl (C=O) groups excluding carboxylic acids is 2. The van der Waals surface area contributed by atoms with Gasteiger partial charge in [-0.2, -0.15) is 0 Å². The van der Waals surface area contributed by atoms with Crippen LogP contribution in [0.15, 0.2) is 48.5 Å². The van der Waals surface area contributed by atoms with E-state index >= 15 is 0 Å². The molecule has 0 fully saturated rings. The van der Waals surface area contributed by atoms with E-state index in [1.165, 1.54) is 19.2 Å². The maximum atomic E-state index is 13.5. The van der Waals surface area contributed by atoms with Gasteiger partial charge in [-0.3, -0.25) is 9.52 Å². The van der Waals surface area contributed by atoms with Gasteiger partial charge in [0.2, 0.25) is 0 Å². The molecule has 0 aliphatic carbocycles. The van der Waals surface area contributed by atoms with E-state index in [-0.39, 0.29) is 11.7 Å². The fourth-order valence-corrected chi connectivity index (χ4v) is 2.87. The fourth-order valence-electron chi connectivity index (χ4n) is 2.74. The number of fused-ring (bicyclic) bond motifs is 1. The molecule has 0 saturated carbocycles. The Morgan fingerprint density at radius 3 is 2.72 bits per heavy atom. The van der Waals surface area contributed by atoms with Crippen molar-refractivity contribution in [1.82, 2.24) is 9.29 Å². The van der Waals surface area contributed by atoms with Gasteiger partial charge in [-0.1, -0.05) is 24.9 Å². The highest BCUT2D eigenvalue weighted by Crippen LogP contribution is 2.23. The molecule has 0 spiro atoms. The standard InChI is InChI=1S/C18H15FN2O3S/c1-24-18(23)16-9-13-8-14(19)5-6-15(13)21(16)10-11-3-2-4-12(7-11)17(22)20-25/h2-9,25H,10H2,1H3,(H,20,22). The molecular weight excluding hydrogens is 343 g/mol. The number of nitrogens with one attached hydrogen (secondary N) is 1. The molecule has 128 valence electrons. The lowest BCUT2D eigenvalue weighted by Gasteiger charge is -2.11. The molecule has 1 heterocycles. The Morgan fingerprint density at radius 2 is 2.00 bits per heavy atom. The van der Waals surface area contributed by atoms with Gasteiger partial charge >= 0.3 is 5.97 Å². The van der Waals surface area contributed by atoms with E-state index in [2.05, 4.69) is 17.5 Å². The van der Waals surface area contributed by atoms with Gasteiger partial charge in [0.1, 0.15) is 11.5 Å². The summed E-state index contributed by atoms with van der Waals surface area (Å²) in [5.74, 6) is -1.22. The number of rotatable bonds is 4. The van der Waals surface area contributed by atoms with Crippen LogP contribution in [-0.4, -0.2) is 23.6 Å². The fraction of sp³-hybridized carbons (Fsp3) is 0.111. The number of methoxy groups -OCH3 is 1. The summed E-state index contributed by atoms with van der Waals surface area (Å²) in [5.41, 5.74) is 2.27. The number of hydrogen-bond donors (Lipinski definition) is 2. The number of esters is 1. The largest absolute Gasteiger partial charge is 0.464 e. The van der Waals surface area contributed by atoms with Crippen molar-refractivity contribution in [2.75, 3.05) is 7.11 Å². The van der Waals surface area contributed by atoms with Crippen LogP contribution in [0, 0.1) is 5.82 Å². The first kappa shape index (κ1) is 17.0. The van der Waals surface area contributed by atoms with Gasteiger partial charge in [0.05, 0.1) is 7.11 Å². The van der Waals surface area contributed by atoms with Crippen LogP contribution >= 0.6 is 12.8 Å². The van der Waals surface area contributed by atoms with Gasteiger partial charge in [-0.15, -0.1) is 0 Å². The Balaban J connectivity index is 2.08. The second kappa shape index (κ2) is 6.98. The third-order valence-electron chi connectivity index (χ3n) is 3.89. The number of thiol groups is 1. The molecule has 5 nitrogen and oxygen atoms in total. The number of ether oxygens (including phenoxy) is 1. The van der Waals surface area contributed by atoms with E-state index in [4.69, 9.17) is 4.74 Å². The molecule has 7 heteroatoms. The van der Waals surface area contributed by atoms with Crippen molar-refractivity contribution in [3.8, 4) is 0 Å². The number of hydrogen-bond acceptors (Lipinski definition) is 4. The van der Waals surface area contributed by atoms with Crippen molar-refractivity contribution in [2.24, 2.45) is 0 Å². The number of carbonyl (C=O) groups is 2. The van der Waals surface area contributed by atoms with Crippen LogP contribution in [0.5, 0.6) is 0 Å². The van der Waals surface area contributed by atoms with Crippen LogP contribution in [0.4, 0.5) is 4.39 Å². The van der Waals surface area contributed by atoms with Gasteiger partial charge in [0.25, 0.3) is 5.91 Å². The van der Waals surface area contributed by atoms with Crippen LogP contribution in [-0.2, 0) is 11.3 Å². The molecule has 1 N–H and O–H groups in total. The molecule has 0 atom stereocenters. The summed E-state index contributed by atoms with van der Waals surface area (Å²) in [6.45, 7) is 0.327. The highest BCUT2D eigenvalue weighted by atomic mass is 32.1. The van der Waals surface area contributed by atoms with Gasteiger partial charge in [0, 0.05) is 23.0 Å². The summed E-state index contributed by atoms with van der Waals surface area (Å²) in [6, 6.07) is 12.9. The zero-order valence-electron chi connectivity index (χ0n) is 13.3. The molecule has 0 aliphatic heterocycles. The monoisotopic (exact) mass is 358 g/mol. The molecule has 2 aromatic carbocycles. The summed E-state index contributed by atoms with van der Waals surface area (Å²) < 4.78 is 22.3. The van der Waals surface area contributed by atoms with Gasteiger partial charge in [0.15, 0.2) is 0 Å². The quantitative estimate of drug-likeness (QED) is 0.556. The van der Waals surface area contributed by atoms with Crippen LogP contribution in [0.25, 0.3) is 10.9 Å². The molecule has 0 unspecified atom stereocenters. The number of nitrogens with zero attached hydrogens (tertiary/aromatic N) is 1. The van der Waals surface area contributed by atoms with E-state index in [1.54, 1.807) is 34.9 Å². The van der Waals surface area contributed by atoms with E-state index in [0.717, 1.165) is 5.56 Å². The zero-order chi connectivity index (χ0) is 18.0. The molecule has 3 rings (SSSR count). The maximum absolute atomic E-state index is 13.5. The predicted molar refractivity (Wildman–Crippen MR) is 95.2 cm³/mol. The van der Waals surface area contributed by atoms with Crippen LogP contribution < -0.4 is 4.72 Å². The average Bonchev–Trinajstić information content (AvgIpc) is 2.98. The Morgan fingerprint density at radius 1 is 1.20 bits per heavy atom. The SMILES string of the molecule is COC(=O)c1cc2cc(F)ccc2n1Cc1cccc(C(=O)NS)c1. The summed E-state index contributed by atoms with van der Waals surface area (Å²) in [6.07, 6.45) is 0. The smallest absolute Gasteiger partial charge is 0.354 e. The molecule has 1 aromatic heterocycles. The third kappa shape index (κ3) is 3.36. The summed E-state index contributed by atoms with van der Waals surface area (Å²) >= 11 is 3.76. The topological polar surface area (TPSA) is 60.3 Å². The lowest BCUT2D eigenvalue weighted by atomic mass is 10.1. The second-order valence-corrected chi connectivity index (χ2v) is 5.68. The van der Waals surface area contributed by atoms with E-state index in [1.807, 2.05) is 6.07 Å². The highest BCUT2D eigenvalue weighted by molar-refractivity contribution is 7.78. The van der Waals surface area contributed by atoms with Crippen molar-refractivity contribution in [2.45, 2.75) is 6.54 Å². The zero-order valence-corrected chi connectivity index (χ0v) is 14.2. The number of halogens is 1. The van der Waals surface area contributed by atoms with Crippen molar-refractivity contribution in [3.05, 3.63) is 71.2 Å². The summed E-state index contributed by atoms with van der Waals surface area (Å²) in [4.78, 5) is 23.8. The Kier molecular flexibility index (Phi) is 4.76. The number of benzene rings is 2. The minimum Gasteiger partial charge on any atom is -0.464 e. The second-order valence-electron chi connectivity index (χ2n) is 5.45. The van der Waals surface area contributed by atoms with Crippen molar-refractivity contribution in [1.29, 1.82) is 0 Å². The Labute approximate surface area is 148 Å². The molecule has 0 radical (unpaired) electrons. The van der Waals surface area contributed by atoms with Crippen LogP contribution in [0.3, 0.4) is 0 Å². The minimum absolute atomic E-state index is 0.312. The normalized spacial score (nSPS) is 10.7. The lowest BCUT2D eigenvalue weighted by Crippen LogP contribution is -2.14. The predicted octanol–water partition coefficient (Wildman–Crippen LogP) is 3.19. The molecule has 0 bridgehead atoms. The van der Waals surface area contributed by atoms with Crippen molar-refractivity contribution >= 4 is 35.6 Å². The van der Waals surface area contributed by atoms with Gasteiger partial charge in [-0.05, 0) is 42.0 Å². The number of amides is 1. The van der Waals surface area contributed by atoms with Crippen LogP contribution in [0.2, 0.25) is 0 Å². The third-order valence-corrected chi connectivity index (χ3v) is 4.09. The maximum Gasteiger partial charge on any atom is 0.354 e. The molecule has 0 aliphatic rings. The molecule has 0 saturated heterocycles. The molecule has 3 aromatic rings. The van der Waals surface area contributed by atoms with Gasteiger partial charge in [-0.25, -0.2) is 9.18 Å². The summed E-state index contributed by atoms with van der Waals surface area (Å²) in [5, 5.41) is 0.602.